The first-order chi connectivity index (χ1) is 11.5. The molecule has 3 rings (SSSR count). The van der Waals surface area contributed by atoms with E-state index in [2.05, 4.69) is 11.1 Å². The number of hydrogen-bond donors (Lipinski definition) is 0. The molecule has 0 radical (unpaired) electrons. The highest BCUT2D eigenvalue weighted by Gasteiger charge is 2.26. The van der Waals surface area contributed by atoms with E-state index in [-0.39, 0.29) is 0 Å². The molecule has 0 saturated carbocycles. The quantitative estimate of drug-likeness (QED) is 0.785. The van der Waals surface area contributed by atoms with Gasteiger partial charge in [-0.15, -0.1) is 0 Å². The van der Waals surface area contributed by atoms with Gasteiger partial charge in [0, 0.05) is 12.7 Å². The van der Waals surface area contributed by atoms with E-state index in [1.165, 1.54) is 4.31 Å². The van der Waals surface area contributed by atoms with Crippen LogP contribution in [0.25, 0.3) is 0 Å². The van der Waals surface area contributed by atoms with Gasteiger partial charge in [-0.2, -0.15) is 4.31 Å². The lowest BCUT2D eigenvalue weighted by atomic mass is 10.1. The average molecular weight is 342 g/mol. The van der Waals surface area contributed by atoms with Crippen LogP contribution in [-0.4, -0.2) is 24.3 Å². The van der Waals surface area contributed by atoms with E-state index in [1.807, 2.05) is 38.1 Å². The van der Waals surface area contributed by atoms with Crippen molar-refractivity contribution in [2.24, 2.45) is 0 Å². The molecular formula is C19H22N2O2S. The summed E-state index contributed by atoms with van der Waals surface area (Å²) in [6, 6.07) is 11.0. The molecule has 1 aliphatic heterocycles. The van der Waals surface area contributed by atoms with Crippen molar-refractivity contribution in [1.82, 2.24) is 9.29 Å². The maximum absolute atomic E-state index is 13.1. The van der Waals surface area contributed by atoms with Crippen molar-refractivity contribution in [3.63, 3.8) is 0 Å². The van der Waals surface area contributed by atoms with Crippen molar-refractivity contribution < 1.29 is 8.42 Å². The number of aromatic nitrogens is 1. The van der Waals surface area contributed by atoms with Gasteiger partial charge in [0.2, 0.25) is 10.0 Å². The van der Waals surface area contributed by atoms with E-state index in [9.17, 15) is 8.42 Å². The SMILES string of the molecule is C/C1=C/CCc2cccnc2CN(S(=O)(=O)c2ccc(C)cc2)C1. The van der Waals surface area contributed by atoms with E-state index >= 15 is 0 Å². The molecule has 0 aliphatic carbocycles. The van der Waals surface area contributed by atoms with Crippen LogP contribution in [0.1, 0.15) is 30.2 Å². The summed E-state index contributed by atoms with van der Waals surface area (Å²) in [4.78, 5) is 4.76. The van der Waals surface area contributed by atoms with E-state index in [0.29, 0.717) is 18.0 Å². The summed E-state index contributed by atoms with van der Waals surface area (Å²) in [6.45, 7) is 4.63. The monoisotopic (exact) mass is 342 g/mol. The van der Waals surface area contributed by atoms with Gasteiger partial charge in [0.15, 0.2) is 0 Å². The van der Waals surface area contributed by atoms with E-state index in [0.717, 1.165) is 35.2 Å². The Labute approximate surface area is 143 Å². The first kappa shape index (κ1) is 16.9. The van der Waals surface area contributed by atoms with Crippen LogP contribution >= 0.6 is 0 Å². The molecule has 1 aromatic heterocycles. The van der Waals surface area contributed by atoms with Crippen molar-refractivity contribution >= 4 is 10.0 Å². The first-order valence-electron chi connectivity index (χ1n) is 8.12. The third-order valence-electron chi connectivity index (χ3n) is 4.30. The van der Waals surface area contributed by atoms with Crippen LogP contribution in [0.3, 0.4) is 0 Å². The Balaban J connectivity index is 2.02. The summed E-state index contributed by atoms with van der Waals surface area (Å²) in [5.41, 5.74) is 4.07. The topological polar surface area (TPSA) is 50.3 Å². The Kier molecular flexibility index (Phi) is 4.83. The third kappa shape index (κ3) is 3.57. The molecular weight excluding hydrogens is 320 g/mol. The van der Waals surface area contributed by atoms with Gasteiger partial charge in [-0.05, 0) is 50.5 Å². The molecule has 5 heteroatoms. The largest absolute Gasteiger partial charge is 0.260 e. The fraction of sp³-hybridized carbons (Fsp3) is 0.316. The summed E-state index contributed by atoms with van der Waals surface area (Å²) in [5.74, 6) is 0. The van der Waals surface area contributed by atoms with Crippen LogP contribution in [0.2, 0.25) is 0 Å². The molecule has 0 spiro atoms. The number of sulfonamides is 1. The van der Waals surface area contributed by atoms with E-state index in [4.69, 9.17) is 0 Å². The maximum Gasteiger partial charge on any atom is 0.243 e. The smallest absolute Gasteiger partial charge is 0.243 e. The number of allylic oxidation sites excluding steroid dienone is 1. The zero-order valence-corrected chi connectivity index (χ0v) is 14.9. The van der Waals surface area contributed by atoms with Gasteiger partial charge in [0.05, 0.1) is 17.1 Å². The minimum Gasteiger partial charge on any atom is -0.260 e. The number of fused-ring (bicyclic) bond motifs is 1. The lowest BCUT2D eigenvalue weighted by Crippen LogP contribution is -2.32. The molecule has 0 N–H and O–H groups in total. The second kappa shape index (κ2) is 6.87. The van der Waals surface area contributed by atoms with Crippen molar-refractivity contribution in [1.29, 1.82) is 0 Å². The Morgan fingerprint density at radius 2 is 1.79 bits per heavy atom. The highest BCUT2D eigenvalue weighted by molar-refractivity contribution is 7.89. The van der Waals surface area contributed by atoms with Crippen LogP contribution < -0.4 is 0 Å². The van der Waals surface area contributed by atoms with Crippen molar-refractivity contribution in [2.75, 3.05) is 6.54 Å². The van der Waals surface area contributed by atoms with Gasteiger partial charge in [0.1, 0.15) is 0 Å². The minimum absolute atomic E-state index is 0.303. The summed E-state index contributed by atoms with van der Waals surface area (Å²) in [7, 11) is -3.56. The molecule has 1 aromatic carbocycles. The number of hydrogen-bond acceptors (Lipinski definition) is 3. The second-order valence-electron chi connectivity index (χ2n) is 6.28. The molecule has 4 nitrogen and oxygen atoms in total. The number of pyridine rings is 1. The van der Waals surface area contributed by atoms with Crippen molar-refractivity contribution in [3.8, 4) is 0 Å². The highest BCUT2D eigenvalue weighted by Crippen LogP contribution is 2.23. The molecule has 0 amide bonds. The molecule has 0 bridgehead atoms. The fourth-order valence-electron chi connectivity index (χ4n) is 2.91. The normalized spacial score (nSPS) is 18.7. The molecule has 0 saturated heterocycles. The molecule has 24 heavy (non-hydrogen) atoms. The summed E-state index contributed by atoms with van der Waals surface area (Å²) in [5, 5.41) is 0. The van der Waals surface area contributed by atoms with Gasteiger partial charge in [-0.25, -0.2) is 8.42 Å². The van der Waals surface area contributed by atoms with Gasteiger partial charge in [-0.3, -0.25) is 4.98 Å². The van der Waals surface area contributed by atoms with Gasteiger partial charge < -0.3 is 0 Å². The van der Waals surface area contributed by atoms with Gasteiger partial charge in [-0.1, -0.05) is 35.4 Å². The highest BCUT2D eigenvalue weighted by atomic mass is 32.2. The number of nitrogens with zero attached hydrogens (tertiary/aromatic N) is 2. The third-order valence-corrected chi connectivity index (χ3v) is 6.11. The van der Waals surface area contributed by atoms with Gasteiger partial charge >= 0.3 is 0 Å². The molecule has 0 unspecified atom stereocenters. The molecule has 2 heterocycles. The molecule has 2 aromatic rings. The molecule has 0 atom stereocenters. The lowest BCUT2D eigenvalue weighted by Gasteiger charge is -2.22. The van der Waals surface area contributed by atoms with E-state index < -0.39 is 10.0 Å². The van der Waals surface area contributed by atoms with Crippen molar-refractivity contribution in [2.45, 2.75) is 38.1 Å². The Bertz CT molecular complexity index is 855. The molecule has 126 valence electrons. The standard InChI is InChI=1S/C19H22N2O2S/c1-15-8-10-18(11-9-15)24(22,23)21-13-16(2)5-3-6-17-7-4-12-20-19(17)14-21/h4-5,7-12H,3,6,13-14H2,1-2H3/b16-5-. The first-order valence-corrected chi connectivity index (χ1v) is 9.56. The fourth-order valence-corrected chi connectivity index (χ4v) is 4.35. The van der Waals surface area contributed by atoms with Crippen LogP contribution in [-0.2, 0) is 23.0 Å². The Hall–Kier alpha value is -1.98. The summed E-state index contributed by atoms with van der Waals surface area (Å²) >= 11 is 0. The zero-order chi connectivity index (χ0) is 17.2. The predicted molar refractivity (Wildman–Crippen MR) is 95.1 cm³/mol. The van der Waals surface area contributed by atoms with E-state index in [1.54, 1.807) is 18.3 Å². The number of aryl methyl sites for hydroxylation is 2. The minimum atomic E-state index is -3.56. The number of benzene rings is 1. The maximum atomic E-state index is 13.1. The van der Waals surface area contributed by atoms with Gasteiger partial charge in [0.25, 0.3) is 0 Å². The second-order valence-corrected chi connectivity index (χ2v) is 8.22. The van der Waals surface area contributed by atoms with Crippen LogP contribution in [0.5, 0.6) is 0 Å². The molecule has 1 aliphatic rings. The predicted octanol–water partition coefficient (Wildman–Crippen LogP) is 3.47. The Morgan fingerprint density at radius 1 is 1.04 bits per heavy atom. The lowest BCUT2D eigenvalue weighted by molar-refractivity contribution is 0.426. The molecule has 0 fully saturated rings. The Morgan fingerprint density at radius 3 is 2.54 bits per heavy atom. The number of rotatable bonds is 2. The van der Waals surface area contributed by atoms with Crippen LogP contribution in [0.4, 0.5) is 0 Å². The average Bonchev–Trinajstić information content (AvgIpc) is 2.63. The van der Waals surface area contributed by atoms with Crippen molar-refractivity contribution in [3.05, 3.63) is 71.1 Å². The van der Waals surface area contributed by atoms with Crippen LogP contribution in [0.15, 0.2) is 59.1 Å². The summed E-state index contributed by atoms with van der Waals surface area (Å²) in [6.07, 6.45) is 5.65. The van der Waals surface area contributed by atoms with Crippen LogP contribution in [0, 0.1) is 6.92 Å². The summed E-state index contributed by atoms with van der Waals surface area (Å²) < 4.78 is 27.7. The zero-order valence-electron chi connectivity index (χ0n) is 14.1.